The second kappa shape index (κ2) is 10.00. The molecule has 2 aromatic heterocycles. The van der Waals surface area contributed by atoms with Crippen molar-refractivity contribution >= 4 is 16.7 Å². The number of benzene rings is 2. The first-order chi connectivity index (χ1) is 15.7. The van der Waals surface area contributed by atoms with Crippen molar-refractivity contribution in [3.05, 3.63) is 76.5 Å². The summed E-state index contributed by atoms with van der Waals surface area (Å²) in [5.74, 6) is -0.127. The van der Waals surface area contributed by atoms with Gasteiger partial charge in [-0.05, 0) is 24.6 Å². The van der Waals surface area contributed by atoms with Gasteiger partial charge in [-0.3, -0.25) is 4.79 Å². The Labute approximate surface area is 184 Å². The molecule has 0 saturated carbocycles. The Bertz CT molecular complexity index is 1260. The largest absolute Gasteiger partial charge is 0.451 e. The number of unbranched alkanes of at least 4 members (excludes halogenated alkanes) is 3. The number of esters is 1. The minimum absolute atomic E-state index is 0.0958. The van der Waals surface area contributed by atoms with E-state index in [0.29, 0.717) is 23.2 Å². The third kappa shape index (κ3) is 4.74. The van der Waals surface area contributed by atoms with Gasteiger partial charge in [0.15, 0.2) is 12.3 Å². The quantitative estimate of drug-likeness (QED) is 0.286. The Morgan fingerprint density at radius 1 is 0.969 bits per heavy atom. The first-order valence-electron chi connectivity index (χ1n) is 10.7. The number of hydrogen-bond donors (Lipinski definition) is 0. The zero-order chi connectivity index (χ0) is 22.3. The fourth-order valence-electron chi connectivity index (χ4n) is 3.43. The highest BCUT2D eigenvalue weighted by atomic mass is 16.5. The standard InChI is InChI=1S/C24H24N4O4/c1-2-3-4-10-15-28-23(29)19-14-9-8-13-18(19)21(27-28)24(30)31-16-20-25-26-22(32-20)17-11-6-5-7-12-17/h5-9,11-14H,2-4,10,15-16H2,1H3. The predicted octanol–water partition coefficient (Wildman–Crippen LogP) is 4.38. The van der Waals surface area contributed by atoms with Gasteiger partial charge in [0.1, 0.15) is 0 Å². The van der Waals surface area contributed by atoms with Gasteiger partial charge in [0.05, 0.1) is 5.39 Å². The number of carbonyl (C=O) groups is 1. The number of aryl methyl sites for hydroxylation is 1. The topological polar surface area (TPSA) is 100 Å². The molecule has 0 N–H and O–H groups in total. The van der Waals surface area contributed by atoms with Crippen LogP contribution in [-0.2, 0) is 17.9 Å². The summed E-state index contributed by atoms with van der Waals surface area (Å²) >= 11 is 0. The van der Waals surface area contributed by atoms with Crippen molar-refractivity contribution in [1.82, 2.24) is 20.0 Å². The Morgan fingerprint density at radius 3 is 2.50 bits per heavy atom. The van der Waals surface area contributed by atoms with E-state index in [1.165, 1.54) is 4.68 Å². The zero-order valence-electron chi connectivity index (χ0n) is 17.9. The molecule has 0 spiro atoms. The van der Waals surface area contributed by atoms with Crippen molar-refractivity contribution in [2.75, 3.05) is 0 Å². The fraction of sp³-hybridized carbons (Fsp3) is 0.292. The molecule has 0 bridgehead atoms. The van der Waals surface area contributed by atoms with E-state index in [2.05, 4.69) is 22.2 Å². The molecular formula is C24H24N4O4. The molecule has 0 atom stereocenters. The molecule has 0 unspecified atom stereocenters. The van der Waals surface area contributed by atoms with Crippen LogP contribution < -0.4 is 5.56 Å². The van der Waals surface area contributed by atoms with Gasteiger partial charge in [-0.15, -0.1) is 10.2 Å². The molecule has 0 aliphatic rings. The van der Waals surface area contributed by atoms with Crippen LogP contribution in [0.5, 0.6) is 0 Å². The second-order valence-corrected chi connectivity index (χ2v) is 7.43. The van der Waals surface area contributed by atoms with Gasteiger partial charge in [-0.25, -0.2) is 9.48 Å². The molecule has 4 aromatic rings. The Morgan fingerprint density at radius 2 is 1.72 bits per heavy atom. The first-order valence-corrected chi connectivity index (χ1v) is 10.7. The molecule has 8 heteroatoms. The van der Waals surface area contributed by atoms with Crippen LogP contribution in [0.3, 0.4) is 0 Å². The minimum Gasteiger partial charge on any atom is -0.451 e. The fourth-order valence-corrected chi connectivity index (χ4v) is 3.43. The molecule has 0 saturated heterocycles. The minimum atomic E-state index is -0.650. The van der Waals surface area contributed by atoms with E-state index in [4.69, 9.17) is 9.15 Å². The number of hydrogen-bond acceptors (Lipinski definition) is 7. The van der Waals surface area contributed by atoms with E-state index in [9.17, 15) is 9.59 Å². The van der Waals surface area contributed by atoms with Crippen molar-refractivity contribution in [2.45, 2.75) is 45.8 Å². The SMILES string of the molecule is CCCCCCn1nc(C(=O)OCc2nnc(-c3ccccc3)o2)c2ccccc2c1=O. The molecule has 2 aromatic carbocycles. The van der Waals surface area contributed by atoms with Crippen molar-refractivity contribution in [2.24, 2.45) is 0 Å². The lowest BCUT2D eigenvalue weighted by Gasteiger charge is -2.10. The summed E-state index contributed by atoms with van der Waals surface area (Å²) in [5, 5.41) is 13.2. The molecule has 2 heterocycles. The van der Waals surface area contributed by atoms with Crippen LogP contribution in [0.2, 0.25) is 0 Å². The molecule has 32 heavy (non-hydrogen) atoms. The van der Waals surface area contributed by atoms with Crippen molar-refractivity contribution in [1.29, 1.82) is 0 Å². The lowest BCUT2D eigenvalue weighted by Crippen LogP contribution is -2.26. The molecule has 0 amide bonds. The molecule has 8 nitrogen and oxygen atoms in total. The summed E-state index contributed by atoms with van der Waals surface area (Å²) in [5.41, 5.74) is 0.664. The average molecular weight is 432 g/mol. The van der Waals surface area contributed by atoms with E-state index >= 15 is 0 Å². The molecule has 0 aliphatic heterocycles. The Hall–Kier alpha value is -3.81. The van der Waals surface area contributed by atoms with Crippen LogP contribution in [0.1, 0.15) is 49.0 Å². The number of nitrogens with zero attached hydrogens (tertiary/aromatic N) is 4. The molecule has 164 valence electrons. The molecule has 0 fully saturated rings. The van der Waals surface area contributed by atoms with E-state index in [-0.39, 0.29) is 23.8 Å². The van der Waals surface area contributed by atoms with Crippen LogP contribution in [0.15, 0.2) is 63.8 Å². The second-order valence-electron chi connectivity index (χ2n) is 7.43. The smallest absolute Gasteiger partial charge is 0.359 e. The number of ether oxygens (including phenoxy) is 1. The lowest BCUT2D eigenvalue weighted by molar-refractivity contribution is 0.0431. The van der Waals surface area contributed by atoms with E-state index < -0.39 is 5.97 Å². The van der Waals surface area contributed by atoms with Gasteiger partial charge in [-0.1, -0.05) is 62.6 Å². The highest BCUT2D eigenvalue weighted by molar-refractivity contribution is 6.02. The first kappa shape index (κ1) is 21.4. The van der Waals surface area contributed by atoms with Crippen molar-refractivity contribution in [3.63, 3.8) is 0 Å². The van der Waals surface area contributed by atoms with Gasteiger partial charge >= 0.3 is 5.97 Å². The van der Waals surface area contributed by atoms with Crippen molar-refractivity contribution < 1.29 is 13.9 Å². The van der Waals surface area contributed by atoms with Crippen LogP contribution in [0.4, 0.5) is 0 Å². The average Bonchev–Trinajstić information content (AvgIpc) is 3.31. The Kier molecular flexibility index (Phi) is 6.69. The van der Waals surface area contributed by atoms with E-state index in [1.807, 2.05) is 30.3 Å². The number of rotatable bonds is 9. The highest BCUT2D eigenvalue weighted by Crippen LogP contribution is 2.18. The molecule has 0 aliphatic carbocycles. The van der Waals surface area contributed by atoms with Gasteiger partial charge in [-0.2, -0.15) is 5.10 Å². The maximum atomic E-state index is 12.9. The predicted molar refractivity (Wildman–Crippen MR) is 119 cm³/mol. The summed E-state index contributed by atoms with van der Waals surface area (Å²) < 4.78 is 12.3. The summed E-state index contributed by atoms with van der Waals surface area (Å²) in [7, 11) is 0. The maximum absolute atomic E-state index is 12.9. The van der Waals surface area contributed by atoms with Gasteiger partial charge < -0.3 is 9.15 Å². The lowest BCUT2D eigenvalue weighted by atomic mass is 10.1. The van der Waals surface area contributed by atoms with Gasteiger partial charge in [0.2, 0.25) is 5.89 Å². The van der Waals surface area contributed by atoms with Gasteiger partial charge in [0, 0.05) is 17.5 Å². The monoisotopic (exact) mass is 432 g/mol. The van der Waals surface area contributed by atoms with E-state index in [0.717, 1.165) is 31.2 Å². The van der Waals surface area contributed by atoms with Crippen molar-refractivity contribution in [3.8, 4) is 11.5 Å². The summed E-state index contributed by atoms with van der Waals surface area (Å²) in [6.45, 7) is 2.39. The summed E-state index contributed by atoms with van der Waals surface area (Å²) in [6, 6.07) is 16.3. The maximum Gasteiger partial charge on any atom is 0.359 e. The normalized spacial score (nSPS) is 11.0. The number of aromatic nitrogens is 4. The van der Waals surface area contributed by atoms with Crippen LogP contribution in [0, 0.1) is 0 Å². The van der Waals surface area contributed by atoms with Crippen LogP contribution >= 0.6 is 0 Å². The third-order valence-electron chi connectivity index (χ3n) is 5.10. The van der Waals surface area contributed by atoms with Crippen LogP contribution in [-0.4, -0.2) is 25.9 Å². The Balaban J connectivity index is 1.53. The third-order valence-corrected chi connectivity index (χ3v) is 5.10. The van der Waals surface area contributed by atoms with Crippen LogP contribution in [0.25, 0.3) is 22.2 Å². The molecular weight excluding hydrogens is 408 g/mol. The number of fused-ring (bicyclic) bond motifs is 1. The molecule has 4 rings (SSSR count). The van der Waals surface area contributed by atoms with E-state index in [1.54, 1.807) is 24.3 Å². The number of carbonyl (C=O) groups excluding carboxylic acids is 1. The highest BCUT2D eigenvalue weighted by Gasteiger charge is 2.19. The molecule has 0 radical (unpaired) electrons. The zero-order valence-corrected chi connectivity index (χ0v) is 17.9. The summed E-state index contributed by atoms with van der Waals surface area (Å²) in [4.78, 5) is 25.7. The van der Waals surface area contributed by atoms with Gasteiger partial charge in [0.25, 0.3) is 11.4 Å². The summed E-state index contributed by atoms with van der Waals surface area (Å²) in [6.07, 6.45) is 4.00.